The largest absolute Gasteiger partial charge is 0.383 e. The van der Waals surface area contributed by atoms with Crippen LogP contribution in [0, 0.1) is 0 Å². The predicted molar refractivity (Wildman–Crippen MR) is 62.0 cm³/mol. The van der Waals surface area contributed by atoms with Crippen molar-refractivity contribution in [3.8, 4) is 0 Å². The number of nitrogens with one attached hydrogen (secondary N) is 1. The molecule has 0 amide bonds. The number of aromatic amines is 1. The van der Waals surface area contributed by atoms with Crippen molar-refractivity contribution < 1.29 is 0 Å². The second-order valence-electron chi connectivity index (χ2n) is 4.78. The Hall–Kier alpha value is -1.32. The average Bonchev–Trinajstić information content (AvgIpc) is 2.09. The van der Waals surface area contributed by atoms with Gasteiger partial charge in [0.25, 0.3) is 5.56 Å². The molecular weight excluding hydrogens is 190 g/mol. The van der Waals surface area contributed by atoms with Crippen molar-refractivity contribution in [2.24, 2.45) is 0 Å². The van der Waals surface area contributed by atoms with Crippen LogP contribution in [0.3, 0.4) is 0 Å². The summed E-state index contributed by atoms with van der Waals surface area (Å²) in [6.07, 6.45) is 1.57. The highest BCUT2D eigenvalue weighted by Gasteiger charge is 2.19. The van der Waals surface area contributed by atoms with Gasteiger partial charge in [-0.15, -0.1) is 0 Å². The van der Waals surface area contributed by atoms with E-state index in [1.54, 1.807) is 0 Å². The van der Waals surface area contributed by atoms with Crippen molar-refractivity contribution in [2.75, 3.05) is 5.73 Å². The zero-order chi connectivity index (χ0) is 11.6. The lowest BCUT2D eigenvalue weighted by atomic mass is 9.95. The Morgan fingerprint density at radius 1 is 1.40 bits per heavy atom. The van der Waals surface area contributed by atoms with E-state index >= 15 is 0 Å². The second-order valence-corrected chi connectivity index (χ2v) is 4.78. The van der Waals surface area contributed by atoms with Crippen molar-refractivity contribution >= 4 is 5.82 Å². The minimum atomic E-state index is -0.183. The minimum Gasteiger partial charge on any atom is -0.383 e. The molecule has 1 rings (SSSR count). The van der Waals surface area contributed by atoms with Crippen LogP contribution in [0.4, 0.5) is 5.82 Å². The Morgan fingerprint density at radius 3 is 2.40 bits per heavy atom. The summed E-state index contributed by atoms with van der Waals surface area (Å²) in [7, 11) is 0. The quantitative estimate of drug-likeness (QED) is 0.777. The first kappa shape index (κ1) is 11.8. The van der Waals surface area contributed by atoms with Crippen LogP contribution in [-0.4, -0.2) is 9.97 Å². The maximum absolute atomic E-state index is 11.7. The van der Waals surface area contributed by atoms with E-state index in [1.807, 2.05) is 27.7 Å². The van der Waals surface area contributed by atoms with Gasteiger partial charge in [0, 0.05) is 5.41 Å². The number of nitrogens with zero attached hydrogens (tertiary/aromatic N) is 1. The van der Waals surface area contributed by atoms with Crippen LogP contribution in [0.25, 0.3) is 0 Å². The van der Waals surface area contributed by atoms with Crippen molar-refractivity contribution in [3.63, 3.8) is 0 Å². The van der Waals surface area contributed by atoms with Gasteiger partial charge in [0.05, 0.1) is 5.56 Å². The van der Waals surface area contributed by atoms with Crippen molar-refractivity contribution in [3.05, 3.63) is 21.7 Å². The normalized spacial score (nSPS) is 11.7. The summed E-state index contributed by atoms with van der Waals surface area (Å²) in [5.41, 5.74) is 6.09. The summed E-state index contributed by atoms with van der Waals surface area (Å²) in [5, 5.41) is 0. The number of hydrogen-bond acceptors (Lipinski definition) is 3. The number of H-pyrrole nitrogens is 1. The van der Waals surface area contributed by atoms with E-state index in [0.717, 1.165) is 6.42 Å². The molecule has 0 aliphatic heterocycles. The van der Waals surface area contributed by atoms with Crippen molar-refractivity contribution in [1.29, 1.82) is 0 Å². The highest BCUT2D eigenvalue weighted by Crippen LogP contribution is 2.18. The van der Waals surface area contributed by atoms with Crippen molar-refractivity contribution in [2.45, 2.75) is 46.0 Å². The van der Waals surface area contributed by atoms with E-state index in [0.29, 0.717) is 23.6 Å². The Balaban J connectivity index is 3.26. The molecule has 0 saturated heterocycles. The van der Waals surface area contributed by atoms with Crippen LogP contribution in [0.1, 0.15) is 45.5 Å². The first-order valence-corrected chi connectivity index (χ1v) is 5.25. The molecule has 0 aromatic carbocycles. The van der Waals surface area contributed by atoms with E-state index in [9.17, 15) is 4.79 Å². The fraction of sp³-hybridized carbons (Fsp3) is 0.636. The maximum Gasteiger partial charge on any atom is 0.256 e. The van der Waals surface area contributed by atoms with Gasteiger partial charge in [-0.3, -0.25) is 4.79 Å². The summed E-state index contributed by atoms with van der Waals surface area (Å²) in [4.78, 5) is 18.8. The molecule has 0 atom stereocenters. The number of aromatic nitrogens is 2. The fourth-order valence-electron chi connectivity index (χ4n) is 1.36. The lowest BCUT2D eigenvalue weighted by Gasteiger charge is -2.18. The molecule has 0 fully saturated rings. The summed E-state index contributed by atoms with van der Waals surface area (Å²) >= 11 is 0. The number of hydrogen-bond donors (Lipinski definition) is 2. The Morgan fingerprint density at radius 2 is 2.00 bits per heavy atom. The molecule has 15 heavy (non-hydrogen) atoms. The average molecular weight is 209 g/mol. The van der Waals surface area contributed by atoms with E-state index in [4.69, 9.17) is 5.73 Å². The van der Waals surface area contributed by atoms with Crippen LogP contribution >= 0.6 is 0 Å². The van der Waals surface area contributed by atoms with Gasteiger partial charge < -0.3 is 10.7 Å². The molecule has 1 heterocycles. The third kappa shape index (κ3) is 2.58. The molecule has 0 aliphatic carbocycles. The van der Waals surface area contributed by atoms with Gasteiger partial charge in [-0.05, 0) is 6.42 Å². The minimum absolute atomic E-state index is 0.103. The Kier molecular flexibility index (Phi) is 3.17. The van der Waals surface area contributed by atoms with Gasteiger partial charge >= 0.3 is 0 Å². The zero-order valence-electron chi connectivity index (χ0n) is 9.85. The van der Waals surface area contributed by atoms with E-state index in [2.05, 4.69) is 9.97 Å². The molecule has 0 radical (unpaired) electrons. The summed E-state index contributed by atoms with van der Waals surface area (Å²) in [5.74, 6) is 1.01. The van der Waals surface area contributed by atoms with E-state index in [-0.39, 0.29) is 11.0 Å². The topological polar surface area (TPSA) is 71.8 Å². The molecular formula is C11H19N3O. The molecule has 0 saturated carbocycles. The van der Waals surface area contributed by atoms with Gasteiger partial charge in [-0.2, -0.15) is 0 Å². The highest BCUT2D eigenvalue weighted by atomic mass is 16.1. The molecule has 0 spiro atoms. The number of nitrogens with two attached hydrogens (primary N) is 1. The number of rotatable bonds is 2. The first-order chi connectivity index (χ1) is 6.86. The third-order valence-corrected chi connectivity index (χ3v) is 2.26. The standard InChI is InChI=1S/C11H19N3O/c1-5-6-7-8(12)13-10(11(2,3)4)14-9(7)15/h5-6H2,1-4H3,(H3,12,13,14,15). The Labute approximate surface area is 89.9 Å². The van der Waals surface area contributed by atoms with Crippen LogP contribution in [0.2, 0.25) is 0 Å². The molecule has 0 bridgehead atoms. The lowest BCUT2D eigenvalue weighted by Crippen LogP contribution is -2.26. The summed E-state index contributed by atoms with van der Waals surface area (Å²) in [6.45, 7) is 7.98. The highest BCUT2D eigenvalue weighted by molar-refractivity contribution is 5.38. The summed E-state index contributed by atoms with van der Waals surface area (Å²) < 4.78 is 0. The Bertz CT molecular complexity index is 401. The monoisotopic (exact) mass is 209 g/mol. The smallest absolute Gasteiger partial charge is 0.256 e. The van der Waals surface area contributed by atoms with Crippen LogP contribution in [0.15, 0.2) is 4.79 Å². The lowest BCUT2D eigenvalue weighted by molar-refractivity contribution is 0.542. The molecule has 3 N–H and O–H groups in total. The molecule has 0 unspecified atom stereocenters. The summed E-state index contributed by atoms with van der Waals surface area (Å²) in [6, 6.07) is 0. The van der Waals surface area contributed by atoms with Crippen molar-refractivity contribution in [1.82, 2.24) is 9.97 Å². The zero-order valence-corrected chi connectivity index (χ0v) is 9.85. The molecule has 1 aromatic rings. The maximum atomic E-state index is 11.7. The van der Waals surface area contributed by atoms with E-state index in [1.165, 1.54) is 0 Å². The van der Waals surface area contributed by atoms with Gasteiger partial charge in [-0.25, -0.2) is 4.98 Å². The molecule has 4 nitrogen and oxygen atoms in total. The fourth-order valence-corrected chi connectivity index (χ4v) is 1.36. The van der Waals surface area contributed by atoms with Crippen LogP contribution in [0.5, 0.6) is 0 Å². The predicted octanol–water partition coefficient (Wildman–Crippen LogP) is 1.60. The first-order valence-electron chi connectivity index (χ1n) is 5.25. The number of nitrogen functional groups attached to an aromatic ring is 1. The van der Waals surface area contributed by atoms with Crippen LogP contribution < -0.4 is 11.3 Å². The van der Waals surface area contributed by atoms with Crippen LogP contribution in [-0.2, 0) is 11.8 Å². The van der Waals surface area contributed by atoms with E-state index < -0.39 is 0 Å². The van der Waals surface area contributed by atoms with Gasteiger partial charge in [0.1, 0.15) is 11.6 Å². The molecule has 1 aromatic heterocycles. The molecule has 4 heteroatoms. The van der Waals surface area contributed by atoms with Gasteiger partial charge in [0.15, 0.2) is 0 Å². The molecule has 84 valence electrons. The van der Waals surface area contributed by atoms with Gasteiger partial charge in [0.2, 0.25) is 0 Å². The third-order valence-electron chi connectivity index (χ3n) is 2.26. The number of anilines is 1. The SMILES string of the molecule is CCCc1c(N)nc(C(C)(C)C)[nH]c1=O. The second kappa shape index (κ2) is 4.04. The van der Waals surface area contributed by atoms with Gasteiger partial charge in [-0.1, -0.05) is 34.1 Å². The molecule has 0 aliphatic rings.